The fourth-order valence-electron chi connectivity index (χ4n) is 3.33. The van der Waals surface area contributed by atoms with E-state index in [9.17, 15) is 4.79 Å². The van der Waals surface area contributed by atoms with E-state index in [-0.39, 0.29) is 5.56 Å². The molecule has 8 heteroatoms. The topological polar surface area (TPSA) is 78.0 Å². The number of aromatic nitrogens is 4. The first kappa shape index (κ1) is 13.7. The van der Waals surface area contributed by atoms with Gasteiger partial charge in [0.2, 0.25) is 5.95 Å². The largest absolute Gasteiger partial charge is 0.354 e. The van der Waals surface area contributed by atoms with Gasteiger partial charge in [-0.15, -0.1) is 0 Å². The number of hydrogen-bond donors (Lipinski definition) is 1. The standard InChI is InChI=1S/C14H15BrN6O/c15-11-3-16-14(17-4-11)21-7-9-5-20(6-10(9)8-21)12-1-2-13(22)19-18-12/h1-4,9-10H,5-8H2,(H,19,22). The van der Waals surface area contributed by atoms with Crippen molar-refractivity contribution in [2.45, 2.75) is 0 Å². The molecule has 1 N–H and O–H groups in total. The second kappa shape index (κ2) is 5.35. The Hall–Kier alpha value is -1.96. The minimum atomic E-state index is -0.165. The average Bonchev–Trinajstić information content (AvgIpc) is 3.07. The lowest BCUT2D eigenvalue weighted by Crippen LogP contribution is -2.30. The number of halogens is 1. The van der Waals surface area contributed by atoms with Crippen molar-refractivity contribution in [3.05, 3.63) is 39.4 Å². The first-order valence-corrected chi connectivity index (χ1v) is 8.01. The highest BCUT2D eigenvalue weighted by Gasteiger charge is 2.41. The molecule has 22 heavy (non-hydrogen) atoms. The maximum atomic E-state index is 11.1. The molecule has 7 nitrogen and oxygen atoms in total. The lowest BCUT2D eigenvalue weighted by molar-refractivity contribution is 0.533. The molecule has 4 heterocycles. The molecule has 2 aliphatic rings. The van der Waals surface area contributed by atoms with Gasteiger partial charge in [0, 0.05) is 56.5 Å². The van der Waals surface area contributed by atoms with Crippen molar-refractivity contribution in [2.24, 2.45) is 11.8 Å². The van der Waals surface area contributed by atoms with Crippen molar-refractivity contribution in [3.63, 3.8) is 0 Å². The first-order valence-electron chi connectivity index (χ1n) is 7.22. The lowest BCUT2D eigenvalue weighted by Gasteiger charge is -2.21. The molecule has 2 aromatic rings. The number of H-pyrrole nitrogens is 1. The molecule has 0 bridgehead atoms. The molecule has 114 valence electrons. The maximum absolute atomic E-state index is 11.1. The van der Waals surface area contributed by atoms with Crippen LogP contribution in [-0.4, -0.2) is 46.3 Å². The summed E-state index contributed by atoms with van der Waals surface area (Å²) in [5.41, 5.74) is -0.165. The van der Waals surface area contributed by atoms with Crippen molar-refractivity contribution in [3.8, 4) is 0 Å². The second-order valence-corrected chi connectivity index (χ2v) is 6.73. The molecule has 2 atom stereocenters. The van der Waals surface area contributed by atoms with E-state index < -0.39 is 0 Å². The van der Waals surface area contributed by atoms with Gasteiger partial charge in [-0.2, -0.15) is 5.10 Å². The van der Waals surface area contributed by atoms with Crippen LogP contribution in [-0.2, 0) is 0 Å². The number of fused-ring (bicyclic) bond motifs is 1. The molecule has 4 rings (SSSR count). The Morgan fingerprint density at radius 3 is 2.27 bits per heavy atom. The fourth-order valence-corrected chi connectivity index (χ4v) is 3.53. The molecule has 2 saturated heterocycles. The number of hydrogen-bond acceptors (Lipinski definition) is 6. The van der Waals surface area contributed by atoms with Crippen LogP contribution in [0.5, 0.6) is 0 Å². The summed E-state index contributed by atoms with van der Waals surface area (Å²) in [6.07, 6.45) is 3.57. The quantitative estimate of drug-likeness (QED) is 0.854. The van der Waals surface area contributed by atoms with Gasteiger partial charge in [0.1, 0.15) is 5.82 Å². The third-order valence-corrected chi connectivity index (χ3v) is 4.77. The van der Waals surface area contributed by atoms with Gasteiger partial charge in [-0.1, -0.05) is 0 Å². The Morgan fingerprint density at radius 1 is 1.05 bits per heavy atom. The van der Waals surface area contributed by atoms with Crippen LogP contribution in [0.1, 0.15) is 0 Å². The van der Waals surface area contributed by atoms with E-state index in [0.717, 1.165) is 42.4 Å². The minimum absolute atomic E-state index is 0.165. The summed E-state index contributed by atoms with van der Waals surface area (Å²) in [4.78, 5) is 24.3. The maximum Gasteiger partial charge on any atom is 0.264 e. The van der Waals surface area contributed by atoms with Gasteiger partial charge < -0.3 is 9.80 Å². The highest BCUT2D eigenvalue weighted by atomic mass is 79.9. The van der Waals surface area contributed by atoms with Crippen LogP contribution in [0.25, 0.3) is 0 Å². The Morgan fingerprint density at radius 2 is 1.68 bits per heavy atom. The third-order valence-electron chi connectivity index (χ3n) is 4.36. The highest BCUT2D eigenvalue weighted by molar-refractivity contribution is 9.10. The summed E-state index contributed by atoms with van der Waals surface area (Å²) < 4.78 is 0.894. The molecule has 0 radical (unpaired) electrons. The summed E-state index contributed by atoms with van der Waals surface area (Å²) in [5.74, 6) is 2.81. The van der Waals surface area contributed by atoms with Gasteiger partial charge in [0.15, 0.2) is 0 Å². The number of anilines is 2. The molecule has 2 aliphatic heterocycles. The van der Waals surface area contributed by atoms with Crippen LogP contribution in [0.3, 0.4) is 0 Å². The Kier molecular flexibility index (Phi) is 3.33. The molecule has 2 fully saturated rings. The monoisotopic (exact) mass is 362 g/mol. The summed E-state index contributed by atoms with van der Waals surface area (Å²) in [5, 5.41) is 6.62. The van der Waals surface area contributed by atoms with E-state index in [4.69, 9.17) is 0 Å². The van der Waals surface area contributed by atoms with Gasteiger partial charge in [-0.25, -0.2) is 15.1 Å². The fraction of sp³-hybridized carbons (Fsp3) is 0.429. The van der Waals surface area contributed by atoms with Crippen LogP contribution in [0, 0.1) is 11.8 Å². The smallest absolute Gasteiger partial charge is 0.264 e. The molecule has 0 aromatic carbocycles. The van der Waals surface area contributed by atoms with Crippen LogP contribution >= 0.6 is 15.9 Å². The van der Waals surface area contributed by atoms with Crippen molar-refractivity contribution >= 4 is 27.7 Å². The Balaban J connectivity index is 1.45. The molecular formula is C14H15BrN6O. The van der Waals surface area contributed by atoms with Gasteiger partial charge in [0.25, 0.3) is 5.56 Å². The summed E-state index contributed by atoms with van der Waals surface area (Å²) >= 11 is 3.36. The zero-order chi connectivity index (χ0) is 15.1. The van der Waals surface area contributed by atoms with E-state index in [1.165, 1.54) is 6.07 Å². The van der Waals surface area contributed by atoms with E-state index in [1.54, 1.807) is 18.5 Å². The SMILES string of the molecule is O=c1ccc(N2CC3CN(c4ncc(Br)cn4)CC3C2)n[nH]1. The van der Waals surface area contributed by atoms with Gasteiger partial charge in [0.05, 0.1) is 4.47 Å². The van der Waals surface area contributed by atoms with Crippen LogP contribution in [0.2, 0.25) is 0 Å². The highest BCUT2D eigenvalue weighted by Crippen LogP contribution is 2.34. The lowest BCUT2D eigenvalue weighted by atomic mass is 10.0. The molecule has 2 aromatic heterocycles. The number of nitrogens with one attached hydrogen (secondary N) is 1. The van der Waals surface area contributed by atoms with Crippen LogP contribution < -0.4 is 15.4 Å². The van der Waals surface area contributed by atoms with E-state index in [2.05, 4.69) is 45.9 Å². The Bertz CT molecular complexity index is 698. The zero-order valence-corrected chi connectivity index (χ0v) is 13.4. The molecule has 0 saturated carbocycles. The van der Waals surface area contributed by atoms with E-state index >= 15 is 0 Å². The molecule has 0 spiro atoms. The summed E-state index contributed by atoms with van der Waals surface area (Å²) in [7, 11) is 0. The first-order chi connectivity index (χ1) is 10.7. The minimum Gasteiger partial charge on any atom is -0.354 e. The van der Waals surface area contributed by atoms with E-state index in [1.807, 2.05) is 0 Å². The van der Waals surface area contributed by atoms with Crippen molar-refractivity contribution in [1.82, 2.24) is 20.2 Å². The number of nitrogens with zero attached hydrogens (tertiary/aromatic N) is 5. The zero-order valence-electron chi connectivity index (χ0n) is 11.8. The number of aromatic amines is 1. The van der Waals surface area contributed by atoms with Gasteiger partial charge in [-0.05, 0) is 22.0 Å². The predicted molar refractivity (Wildman–Crippen MR) is 86.0 cm³/mol. The van der Waals surface area contributed by atoms with E-state index in [0.29, 0.717) is 11.8 Å². The van der Waals surface area contributed by atoms with Crippen molar-refractivity contribution < 1.29 is 0 Å². The summed E-state index contributed by atoms with van der Waals surface area (Å²) in [6.45, 7) is 3.84. The number of rotatable bonds is 2. The molecular weight excluding hydrogens is 348 g/mol. The van der Waals surface area contributed by atoms with Crippen LogP contribution in [0.15, 0.2) is 33.8 Å². The van der Waals surface area contributed by atoms with Gasteiger partial charge >= 0.3 is 0 Å². The summed E-state index contributed by atoms with van der Waals surface area (Å²) in [6, 6.07) is 3.31. The van der Waals surface area contributed by atoms with Crippen molar-refractivity contribution in [1.29, 1.82) is 0 Å². The normalized spacial score (nSPS) is 23.9. The predicted octanol–water partition coefficient (Wildman–Crippen LogP) is 0.895. The van der Waals surface area contributed by atoms with Gasteiger partial charge in [-0.3, -0.25) is 4.79 Å². The van der Waals surface area contributed by atoms with Crippen molar-refractivity contribution in [2.75, 3.05) is 36.0 Å². The molecule has 0 amide bonds. The average molecular weight is 363 g/mol. The second-order valence-electron chi connectivity index (χ2n) is 5.81. The van der Waals surface area contributed by atoms with Crippen LogP contribution in [0.4, 0.5) is 11.8 Å². The molecule has 2 unspecified atom stereocenters. The molecule has 0 aliphatic carbocycles. The third kappa shape index (κ3) is 2.47. The Labute approximate surface area is 135 Å².